The van der Waals surface area contributed by atoms with Gasteiger partial charge in [0.25, 0.3) is 0 Å². The van der Waals surface area contributed by atoms with Crippen LogP contribution in [-0.4, -0.2) is 44.4 Å². The van der Waals surface area contributed by atoms with E-state index in [1.165, 1.54) is 0 Å². The number of carboxylic acid groups (broad SMARTS) is 1. The lowest BCUT2D eigenvalue weighted by Crippen LogP contribution is -2.45. The summed E-state index contributed by atoms with van der Waals surface area (Å²) >= 11 is 0. The third kappa shape index (κ3) is 6.22. The highest BCUT2D eigenvalue weighted by atomic mass is 32.2. The predicted molar refractivity (Wildman–Crippen MR) is 59.8 cm³/mol. The summed E-state index contributed by atoms with van der Waals surface area (Å²) in [6.07, 6.45) is -0.309. The molecule has 0 unspecified atom stereocenters. The predicted octanol–water partition coefficient (Wildman–Crippen LogP) is -0.422. The summed E-state index contributed by atoms with van der Waals surface area (Å²) in [5.41, 5.74) is 0. The zero-order valence-corrected chi connectivity index (χ0v) is 10.8. The molecule has 0 aliphatic rings. The molecule has 100 valence electrons. The summed E-state index contributed by atoms with van der Waals surface area (Å²) in [6, 6.07) is -1.20. The molecule has 7 nitrogen and oxygen atoms in total. The Morgan fingerprint density at radius 3 is 2.24 bits per heavy atom. The highest BCUT2D eigenvalue weighted by Crippen LogP contribution is 2.04. The minimum atomic E-state index is -3.81. The highest BCUT2D eigenvalue weighted by molar-refractivity contribution is 7.89. The molecule has 0 amide bonds. The van der Waals surface area contributed by atoms with Gasteiger partial charge in [-0.15, -0.1) is 0 Å². The van der Waals surface area contributed by atoms with E-state index in [0.29, 0.717) is 0 Å². The largest absolute Gasteiger partial charge is 0.480 e. The minimum Gasteiger partial charge on any atom is -0.480 e. The SMILES string of the molecule is COC(=O)CCS(=O)(=O)N[C@H](C(=O)O)C(C)C. The summed E-state index contributed by atoms with van der Waals surface area (Å²) in [7, 11) is -2.66. The molecule has 0 rings (SSSR count). The lowest BCUT2D eigenvalue weighted by molar-refractivity contribution is -0.140. The highest BCUT2D eigenvalue weighted by Gasteiger charge is 2.27. The molecule has 0 heterocycles. The molecule has 2 N–H and O–H groups in total. The molecule has 0 aromatic carbocycles. The topological polar surface area (TPSA) is 110 Å². The number of aliphatic carboxylic acids is 1. The van der Waals surface area contributed by atoms with Gasteiger partial charge in [0.15, 0.2) is 0 Å². The number of esters is 1. The van der Waals surface area contributed by atoms with Crippen LogP contribution in [-0.2, 0) is 24.3 Å². The van der Waals surface area contributed by atoms with Gasteiger partial charge < -0.3 is 9.84 Å². The number of hydrogen-bond donors (Lipinski definition) is 2. The Labute approximate surface area is 100 Å². The summed E-state index contributed by atoms with van der Waals surface area (Å²) in [5.74, 6) is -2.79. The van der Waals surface area contributed by atoms with Crippen LogP contribution in [0.3, 0.4) is 0 Å². The Morgan fingerprint density at radius 2 is 1.88 bits per heavy atom. The van der Waals surface area contributed by atoms with Crippen molar-refractivity contribution in [3.8, 4) is 0 Å². The van der Waals surface area contributed by atoms with E-state index in [1.54, 1.807) is 13.8 Å². The summed E-state index contributed by atoms with van der Waals surface area (Å²) in [5, 5.41) is 8.81. The third-order valence-electron chi connectivity index (χ3n) is 2.04. The Morgan fingerprint density at radius 1 is 1.35 bits per heavy atom. The van der Waals surface area contributed by atoms with E-state index in [0.717, 1.165) is 7.11 Å². The number of ether oxygens (including phenoxy) is 1. The van der Waals surface area contributed by atoms with Crippen LogP contribution >= 0.6 is 0 Å². The first-order valence-corrected chi connectivity index (χ1v) is 6.64. The number of sulfonamides is 1. The third-order valence-corrected chi connectivity index (χ3v) is 3.40. The molecule has 0 saturated heterocycles. The van der Waals surface area contributed by atoms with Crippen molar-refractivity contribution < 1.29 is 27.9 Å². The summed E-state index contributed by atoms with van der Waals surface area (Å²) in [4.78, 5) is 21.6. The Hall–Kier alpha value is -1.15. The molecule has 0 saturated carbocycles. The fraction of sp³-hybridized carbons (Fsp3) is 0.778. The number of carbonyl (C=O) groups is 2. The fourth-order valence-electron chi connectivity index (χ4n) is 1.04. The molecule has 0 aliphatic heterocycles. The smallest absolute Gasteiger partial charge is 0.321 e. The first-order chi connectivity index (χ1) is 7.69. The molecule has 0 aromatic heterocycles. The molecule has 8 heteroatoms. The van der Waals surface area contributed by atoms with Crippen LogP contribution in [0.4, 0.5) is 0 Å². The maximum atomic E-state index is 11.5. The van der Waals surface area contributed by atoms with Crippen LogP contribution in [0.5, 0.6) is 0 Å². The summed E-state index contributed by atoms with van der Waals surface area (Å²) in [6.45, 7) is 3.17. The number of carboxylic acids is 1. The van der Waals surface area contributed by atoms with Gasteiger partial charge in [-0.2, -0.15) is 0 Å². The van der Waals surface area contributed by atoms with Crippen molar-refractivity contribution in [2.24, 2.45) is 5.92 Å². The average molecular weight is 267 g/mol. The van der Waals surface area contributed by atoms with Gasteiger partial charge in [-0.25, -0.2) is 13.1 Å². The second-order valence-corrected chi connectivity index (χ2v) is 5.70. The van der Waals surface area contributed by atoms with Crippen LogP contribution in [0, 0.1) is 5.92 Å². The van der Waals surface area contributed by atoms with E-state index >= 15 is 0 Å². The van der Waals surface area contributed by atoms with Gasteiger partial charge >= 0.3 is 11.9 Å². The van der Waals surface area contributed by atoms with Gasteiger partial charge in [0.05, 0.1) is 19.3 Å². The first kappa shape index (κ1) is 15.9. The lowest BCUT2D eigenvalue weighted by Gasteiger charge is -2.17. The van der Waals surface area contributed by atoms with Crippen molar-refractivity contribution in [3.05, 3.63) is 0 Å². The molecular formula is C9H17NO6S. The molecule has 1 atom stereocenters. The second kappa shape index (κ2) is 6.55. The van der Waals surface area contributed by atoms with E-state index in [2.05, 4.69) is 4.74 Å². The quantitative estimate of drug-likeness (QED) is 0.606. The molecular weight excluding hydrogens is 250 g/mol. The van der Waals surface area contributed by atoms with Crippen molar-refractivity contribution in [3.63, 3.8) is 0 Å². The molecule has 0 radical (unpaired) electrons. The van der Waals surface area contributed by atoms with E-state index < -0.39 is 33.8 Å². The first-order valence-electron chi connectivity index (χ1n) is 4.99. The molecule has 17 heavy (non-hydrogen) atoms. The van der Waals surface area contributed by atoms with E-state index in [4.69, 9.17) is 5.11 Å². The lowest BCUT2D eigenvalue weighted by atomic mass is 10.1. The Balaban J connectivity index is 4.52. The van der Waals surface area contributed by atoms with Gasteiger partial charge in [-0.05, 0) is 5.92 Å². The van der Waals surface area contributed by atoms with Crippen LogP contribution in [0.1, 0.15) is 20.3 Å². The van der Waals surface area contributed by atoms with Crippen LogP contribution < -0.4 is 4.72 Å². The van der Waals surface area contributed by atoms with Gasteiger partial charge in [0.1, 0.15) is 6.04 Å². The molecule has 0 fully saturated rings. The number of nitrogens with one attached hydrogen (secondary N) is 1. The number of rotatable bonds is 7. The van der Waals surface area contributed by atoms with Crippen molar-refractivity contribution >= 4 is 22.0 Å². The molecule has 0 aromatic rings. The van der Waals surface area contributed by atoms with Crippen LogP contribution in [0.25, 0.3) is 0 Å². The maximum absolute atomic E-state index is 11.5. The molecule has 0 spiro atoms. The van der Waals surface area contributed by atoms with Crippen LogP contribution in [0.15, 0.2) is 0 Å². The number of carbonyl (C=O) groups excluding carboxylic acids is 1. The van der Waals surface area contributed by atoms with Crippen molar-refractivity contribution in [2.45, 2.75) is 26.3 Å². The average Bonchev–Trinajstić information content (AvgIpc) is 2.22. The van der Waals surface area contributed by atoms with Crippen molar-refractivity contribution in [2.75, 3.05) is 12.9 Å². The fourth-order valence-corrected chi connectivity index (χ4v) is 2.36. The number of methoxy groups -OCH3 is 1. The van der Waals surface area contributed by atoms with E-state index in [1.807, 2.05) is 4.72 Å². The zero-order chi connectivity index (χ0) is 13.6. The zero-order valence-electron chi connectivity index (χ0n) is 9.97. The van der Waals surface area contributed by atoms with Gasteiger partial charge in [-0.3, -0.25) is 9.59 Å². The van der Waals surface area contributed by atoms with E-state index in [-0.39, 0.29) is 12.3 Å². The maximum Gasteiger partial charge on any atom is 0.321 e. The van der Waals surface area contributed by atoms with Crippen LogP contribution in [0.2, 0.25) is 0 Å². The monoisotopic (exact) mass is 267 g/mol. The molecule has 0 bridgehead atoms. The summed E-state index contributed by atoms with van der Waals surface area (Å²) < 4.78 is 29.3. The van der Waals surface area contributed by atoms with Gasteiger partial charge in [0, 0.05) is 0 Å². The second-order valence-electron chi connectivity index (χ2n) is 3.82. The Bertz CT molecular complexity index is 375. The number of hydrogen-bond acceptors (Lipinski definition) is 5. The standard InChI is InChI=1S/C9H17NO6S/c1-6(2)8(9(12)13)10-17(14,15)5-4-7(11)16-3/h6,8,10H,4-5H2,1-3H3,(H,12,13)/t8-/m0/s1. The van der Waals surface area contributed by atoms with Gasteiger partial charge in [0.2, 0.25) is 10.0 Å². The Kier molecular flexibility index (Phi) is 6.11. The normalized spacial score (nSPS) is 13.4. The van der Waals surface area contributed by atoms with Crippen molar-refractivity contribution in [1.29, 1.82) is 0 Å². The minimum absolute atomic E-state index is 0.309. The van der Waals surface area contributed by atoms with Crippen molar-refractivity contribution in [1.82, 2.24) is 4.72 Å². The van der Waals surface area contributed by atoms with Gasteiger partial charge in [-0.1, -0.05) is 13.8 Å². The van der Waals surface area contributed by atoms with E-state index in [9.17, 15) is 18.0 Å². The molecule has 0 aliphatic carbocycles.